The van der Waals surface area contributed by atoms with Crippen molar-refractivity contribution in [1.82, 2.24) is 10.2 Å². The second-order valence-electron chi connectivity index (χ2n) is 7.09. The largest absolute Gasteiger partial charge is 0.452 e. The Morgan fingerprint density at radius 2 is 1.97 bits per heavy atom. The molecule has 1 fully saturated rings. The van der Waals surface area contributed by atoms with Crippen molar-refractivity contribution in [3.8, 4) is 0 Å². The van der Waals surface area contributed by atoms with E-state index in [1.54, 1.807) is 0 Å². The zero-order valence-electron chi connectivity index (χ0n) is 15.9. The topological polar surface area (TPSA) is 136 Å². The maximum Gasteiger partial charge on any atom is 0.308 e. The Balaban J connectivity index is 1.55. The van der Waals surface area contributed by atoms with E-state index in [2.05, 4.69) is 5.32 Å². The summed E-state index contributed by atoms with van der Waals surface area (Å²) in [5.41, 5.74) is -0.801. The number of nitrogens with zero attached hydrogens (tertiary/aromatic N) is 2. The summed E-state index contributed by atoms with van der Waals surface area (Å²) in [6.07, 6.45) is 2.60. The van der Waals surface area contributed by atoms with Crippen LogP contribution >= 0.6 is 0 Å². The first kappa shape index (κ1) is 20.4. The summed E-state index contributed by atoms with van der Waals surface area (Å²) >= 11 is 0. The first-order valence-corrected chi connectivity index (χ1v) is 9.43. The van der Waals surface area contributed by atoms with Crippen molar-refractivity contribution in [2.75, 3.05) is 6.54 Å². The van der Waals surface area contributed by atoms with Crippen LogP contribution in [0, 0.1) is 10.1 Å². The highest BCUT2D eigenvalue weighted by Gasteiger charge is 2.41. The van der Waals surface area contributed by atoms with Gasteiger partial charge in [-0.05, 0) is 25.8 Å². The van der Waals surface area contributed by atoms with E-state index < -0.39 is 34.5 Å². The summed E-state index contributed by atoms with van der Waals surface area (Å²) in [6, 6.07) is 3.89. The lowest BCUT2D eigenvalue weighted by Crippen LogP contribution is -2.41. The molecule has 29 heavy (non-hydrogen) atoms. The van der Waals surface area contributed by atoms with E-state index in [1.165, 1.54) is 19.1 Å². The molecule has 0 radical (unpaired) electrons. The fraction of sp³-hybridized carbons (Fsp3) is 0.474. The number of nitrogens with one attached hydrogen (secondary N) is 1. The normalized spacial score (nSPS) is 17.2. The molecule has 1 saturated carbocycles. The summed E-state index contributed by atoms with van der Waals surface area (Å²) in [5, 5.41) is 13.9. The number of benzene rings is 1. The highest BCUT2D eigenvalue weighted by Crippen LogP contribution is 2.30. The zero-order chi connectivity index (χ0) is 21.1. The quantitative estimate of drug-likeness (QED) is 0.316. The number of fused-ring (bicyclic) bond motifs is 1. The lowest BCUT2D eigenvalue weighted by Gasteiger charge is -2.18. The van der Waals surface area contributed by atoms with Gasteiger partial charge in [-0.2, -0.15) is 0 Å². The molecule has 10 heteroatoms. The predicted octanol–water partition coefficient (Wildman–Crippen LogP) is 1.57. The number of esters is 1. The Labute approximate surface area is 166 Å². The minimum absolute atomic E-state index is 0.0677. The van der Waals surface area contributed by atoms with Crippen LogP contribution < -0.4 is 5.32 Å². The fourth-order valence-electron chi connectivity index (χ4n) is 3.57. The number of nitro benzene ring substituents is 1. The number of carbonyl (C=O) groups is 4. The average Bonchev–Trinajstić information content (AvgIpc) is 3.27. The van der Waals surface area contributed by atoms with Crippen LogP contribution in [0.15, 0.2) is 18.2 Å². The standard InChI is InChI=1S/C19H21N3O7/c1-11(17(24)20-12-5-2-3-6-12)29-15(23)9-10-21-18(25)13-7-4-8-14(22(27)28)16(13)19(21)26/h4,7-8,11-12H,2-3,5-6,9-10H2,1H3,(H,20,24)/t11-/m0/s1. The molecule has 154 valence electrons. The highest BCUT2D eigenvalue weighted by molar-refractivity contribution is 6.23. The molecular formula is C19H21N3O7. The second kappa shape index (κ2) is 8.38. The van der Waals surface area contributed by atoms with E-state index in [0.29, 0.717) is 0 Å². The molecule has 1 N–H and O–H groups in total. The Kier molecular flexibility index (Phi) is 5.90. The lowest BCUT2D eigenvalue weighted by atomic mass is 10.1. The highest BCUT2D eigenvalue weighted by atomic mass is 16.6. The Hall–Kier alpha value is -3.30. The average molecular weight is 403 g/mol. The molecule has 1 atom stereocenters. The molecule has 1 aliphatic heterocycles. The van der Waals surface area contributed by atoms with Crippen LogP contribution in [0.3, 0.4) is 0 Å². The van der Waals surface area contributed by atoms with E-state index in [0.717, 1.165) is 36.6 Å². The molecule has 0 bridgehead atoms. The van der Waals surface area contributed by atoms with Gasteiger partial charge in [-0.15, -0.1) is 0 Å². The molecule has 1 aromatic carbocycles. The molecule has 1 aromatic rings. The van der Waals surface area contributed by atoms with E-state index in [-0.39, 0.29) is 36.0 Å². The number of amides is 3. The molecule has 0 saturated heterocycles. The lowest BCUT2D eigenvalue weighted by molar-refractivity contribution is -0.385. The minimum atomic E-state index is -0.994. The minimum Gasteiger partial charge on any atom is -0.452 e. The summed E-state index contributed by atoms with van der Waals surface area (Å²) < 4.78 is 5.08. The van der Waals surface area contributed by atoms with E-state index in [4.69, 9.17) is 4.74 Å². The molecular weight excluding hydrogens is 382 g/mol. The molecule has 3 rings (SSSR count). The third-order valence-electron chi connectivity index (χ3n) is 5.09. The number of hydrogen-bond acceptors (Lipinski definition) is 7. The fourth-order valence-corrected chi connectivity index (χ4v) is 3.57. The third-order valence-corrected chi connectivity index (χ3v) is 5.09. The number of carbonyl (C=O) groups excluding carboxylic acids is 4. The molecule has 0 spiro atoms. The van der Waals surface area contributed by atoms with Crippen LogP contribution in [-0.2, 0) is 14.3 Å². The van der Waals surface area contributed by atoms with Crippen LogP contribution in [0.1, 0.15) is 59.7 Å². The maximum atomic E-state index is 12.5. The summed E-state index contributed by atoms with van der Waals surface area (Å²) in [5.74, 6) is -2.66. The zero-order valence-corrected chi connectivity index (χ0v) is 15.9. The Morgan fingerprint density at radius 1 is 1.28 bits per heavy atom. The molecule has 0 aromatic heterocycles. The van der Waals surface area contributed by atoms with Gasteiger partial charge in [-0.25, -0.2) is 0 Å². The van der Waals surface area contributed by atoms with Crippen molar-refractivity contribution >= 4 is 29.4 Å². The van der Waals surface area contributed by atoms with Gasteiger partial charge in [0.1, 0.15) is 5.56 Å². The van der Waals surface area contributed by atoms with Gasteiger partial charge in [-0.1, -0.05) is 18.9 Å². The van der Waals surface area contributed by atoms with Crippen LogP contribution in [-0.4, -0.2) is 52.2 Å². The Morgan fingerprint density at radius 3 is 2.62 bits per heavy atom. The van der Waals surface area contributed by atoms with E-state index in [9.17, 15) is 29.3 Å². The van der Waals surface area contributed by atoms with Gasteiger partial charge in [-0.3, -0.25) is 34.2 Å². The molecule has 1 aliphatic carbocycles. The molecule has 0 unspecified atom stereocenters. The van der Waals surface area contributed by atoms with Gasteiger partial charge in [0, 0.05) is 18.7 Å². The first-order valence-electron chi connectivity index (χ1n) is 9.43. The summed E-state index contributed by atoms with van der Waals surface area (Å²) in [4.78, 5) is 60.1. The SMILES string of the molecule is C[C@H](OC(=O)CCN1C(=O)c2cccc([N+](=O)[O-])c2C1=O)C(=O)NC1CCCC1. The third kappa shape index (κ3) is 4.25. The number of hydrogen-bond donors (Lipinski definition) is 1. The monoisotopic (exact) mass is 403 g/mol. The van der Waals surface area contributed by atoms with Crippen molar-refractivity contribution in [1.29, 1.82) is 0 Å². The van der Waals surface area contributed by atoms with Gasteiger partial charge < -0.3 is 10.1 Å². The van der Waals surface area contributed by atoms with Crippen LogP contribution in [0.5, 0.6) is 0 Å². The van der Waals surface area contributed by atoms with Crippen molar-refractivity contribution in [3.05, 3.63) is 39.4 Å². The van der Waals surface area contributed by atoms with Crippen molar-refractivity contribution < 1.29 is 28.8 Å². The summed E-state index contributed by atoms with van der Waals surface area (Å²) in [7, 11) is 0. The van der Waals surface area contributed by atoms with Gasteiger partial charge >= 0.3 is 5.97 Å². The number of nitro groups is 1. The second-order valence-corrected chi connectivity index (χ2v) is 7.09. The van der Waals surface area contributed by atoms with Gasteiger partial charge in [0.05, 0.1) is 16.9 Å². The molecule has 10 nitrogen and oxygen atoms in total. The van der Waals surface area contributed by atoms with Crippen LogP contribution in [0.4, 0.5) is 5.69 Å². The molecule has 2 aliphatic rings. The summed E-state index contributed by atoms with van der Waals surface area (Å²) in [6.45, 7) is 1.16. The maximum absolute atomic E-state index is 12.5. The van der Waals surface area contributed by atoms with E-state index in [1.807, 2.05) is 0 Å². The van der Waals surface area contributed by atoms with Crippen LogP contribution in [0.2, 0.25) is 0 Å². The van der Waals surface area contributed by atoms with Gasteiger partial charge in [0.15, 0.2) is 6.10 Å². The Bertz CT molecular complexity index is 877. The number of ether oxygens (including phenoxy) is 1. The van der Waals surface area contributed by atoms with Crippen molar-refractivity contribution in [2.24, 2.45) is 0 Å². The molecule has 3 amide bonds. The van der Waals surface area contributed by atoms with Gasteiger partial charge in [0.2, 0.25) is 0 Å². The predicted molar refractivity (Wildman–Crippen MR) is 99.0 cm³/mol. The van der Waals surface area contributed by atoms with Crippen LogP contribution in [0.25, 0.3) is 0 Å². The molecule has 1 heterocycles. The smallest absolute Gasteiger partial charge is 0.308 e. The van der Waals surface area contributed by atoms with Crippen molar-refractivity contribution in [2.45, 2.75) is 51.2 Å². The van der Waals surface area contributed by atoms with E-state index >= 15 is 0 Å². The number of rotatable bonds is 7. The van der Waals surface area contributed by atoms with Crippen molar-refractivity contribution in [3.63, 3.8) is 0 Å². The number of imide groups is 1. The van der Waals surface area contributed by atoms with Gasteiger partial charge in [0.25, 0.3) is 23.4 Å². The first-order chi connectivity index (χ1) is 13.8.